The van der Waals surface area contributed by atoms with Crippen LogP contribution in [0.1, 0.15) is 20.8 Å². The van der Waals surface area contributed by atoms with Gasteiger partial charge in [0.2, 0.25) is 0 Å². The van der Waals surface area contributed by atoms with Crippen molar-refractivity contribution in [2.75, 3.05) is 0 Å². The molecule has 0 bridgehead atoms. The van der Waals surface area contributed by atoms with Crippen LogP contribution < -0.4 is 5.73 Å². The number of nitrogens with zero attached hydrogens (tertiary/aromatic N) is 2. The molecule has 0 radical (unpaired) electrons. The maximum Gasteiger partial charge on any atom is 0.269 e. The highest BCUT2D eigenvalue weighted by atomic mass is 79.9. The van der Waals surface area contributed by atoms with Crippen LogP contribution in [0, 0.1) is 0 Å². The molecular formula is C11H8BrN3O2. The Morgan fingerprint density at radius 1 is 1.41 bits per heavy atom. The van der Waals surface area contributed by atoms with Crippen molar-refractivity contribution in [3.05, 3.63) is 46.2 Å². The Morgan fingerprint density at radius 3 is 2.76 bits per heavy atom. The maximum atomic E-state index is 10.9. The summed E-state index contributed by atoms with van der Waals surface area (Å²) in [5.74, 6) is -0.603. The average molecular weight is 294 g/mol. The summed E-state index contributed by atoms with van der Waals surface area (Å²) in [6.45, 7) is 0. The lowest BCUT2D eigenvalue weighted by Crippen LogP contribution is -2.12. The summed E-state index contributed by atoms with van der Waals surface area (Å²) in [6, 6.07) is 6.69. The van der Waals surface area contributed by atoms with Crippen LogP contribution in [0.15, 0.2) is 34.9 Å². The lowest BCUT2D eigenvalue weighted by Gasteiger charge is -2.04. The first kappa shape index (κ1) is 11.5. The molecule has 1 heterocycles. The smallest absolute Gasteiger partial charge is 0.269 e. The monoisotopic (exact) mass is 293 g/mol. The van der Waals surface area contributed by atoms with E-state index in [4.69, 9.17) is 5.73 Å². The van der Waals surface area contributed by atoms with E-state index in [2.05, 4.69) is 21.0 Å². The minimum Gasteiger partial charge on any atom is -0.364 e. The molecule has 0 aliphatic carbocycles. The zero-order chi connectivity index (χ0) is 12.4. The Labute approximate surface area is 105 Å². The number of carbonyl (C=O) groups is 2. The van der Waals surface area contributed by atoms with Crippen molar-refractivity contribution in [1.82, 2.24) is 9.78 Å². The number of aromatic nitrogens is 2. The van der Waals surface area contributed by atoms with Gasteiger partial charge in [-0.1, -0.05) is 15.9 Å². The molecule has 0 atom stereocenters. The molecule has 2 N–H and O–H groups in total. The zero-order valence-electron chi connectivity index (χ0n) is 8.63. The third kappa shape index (κ3) is 2.26. The molecular weight excluding hydrogens is 286 g/mol. The van der Waals surface area contributed by atoms with Gasteiger partial charge in [0.05, 0.1) is 5.69 Å². The van der Waals surface area contributed by atoms with Crippen LogP contribution in [0.5, 0.6) is 0 Å². The highest BCUT2D eigenvalue weighted by Gasteiger charge is 2.09. The van der Waals surface area contributed by atoms with Crippen molar-refractivity contribution >= 4 is 28.1 Å². The Bertz CT molecular complexity index is 592. The van der Waals surface area contributed by atoms with Gasteiger partial charge < -0.3 is 5.73 Å². The minimum atomic E-state index is -0.603. The van der Waals surface area contributed by atoms with Crippen LogP contribution in [0.4, 0.5) is 0 Å². The van der Waals surface area contributed by atoms with Crippen LogP contribution in [0.25, 0.3) is 5.69 Å². The summed E-state index contributed by atoms with van der Waals surface area (Å²) in [4.78, 5) is 21.9. The molecule has 2 rings (SSSR count). The molecule has 0 saturated heterocycles. The molecule has 86 valence electrons. The van der Waals surface area contributed by atoms with Crippen LogP contribution in [0.2, 0.25) is 0 Å². The number of hydrogen-bond donors (Lipinski definition) is 1. The van der Waals surface area contributed by atoms with Gasteiger partial charge in [-0.25, -0.2) is 4.68 Å². The summed E-state index contributed by atoms with van der Waals surface area (Å²) in [6.07, 6.45) is 2.31. The third-order valence-corrected chi connectivity index (χ3v) is 2.70. The Morgan fingerprint density at radius 2 is 2.18 bits per heavy atom. The molecule has 1 aromatic carbocycles. The molecule has 0 unspecified atom stereocenters. The molecule has 5 nitrogen and oxygen atoms in total. The average Bonchev–Trinajstić information content (AvgIpc) is 2.78. The van der Waals surface area contributed by atoms with E-state index in [0.29, 0.717) is 11.3 Å². The Balaban J connectivity index is 2.52. The number of aldehydes is 1. The topological polar surface area (TPSA) is 78.0 Å². The molecule has 0 aliphatic rings. The zero-order valence-corrected chi connectivity index (χ0v) is 10.2. The molecule has 0 saturated carbocycles. The largest absolute Gasteiger partial charge is 0.364 e. The van der Waals surface area contributed by atoms with E-state index in [1.165, 1.54) is 10.7 Å². The molecule has 6 heteroatoms. The van der Waals surface area contributed by atoms with Crippen molar-refractivity contribution in [2.45, 2.75) is 0 Å². The second-order valence-electron chi connectivity index (χ2n) is 3.33. The van der Waals surface area contributed by atoms with Crippen molar-refractivity contribution < 1.29 is 9.59 Å². The number of carbonyl (C=O) groups excluding carboxylic acids is 2. The van der Waals surface area contributed by atoms with Gasteiger partial charge >= 0.3 is 0 Å². The van der Waals surface area contributed by atoms with Gasteiger partial charge in [-0.2, -0.15) is 5.10 Å². The predicted octanol–water partition coefficient (Wildman–Crippen LogP) is 1.55. The maximum absolute atomic E-state index is 10.9. The van der Waals surface area contributed by atoms with E-state index in [1.54, 1.807) is 24.4 Å². The van der Waals surface area contributed by atoms with E-state index < -0.39 is 5.91 Å². The van der Waals surface area contributed by atoms with Crippen molar-refractivity contribution in [3.63, 3.8) is 0 Å². The van der Waals surface area contributed by atoms with E-state index in [-0.39, 0.29) is 5.69 Å². The number of benzene rings is 1. The molecule has 0 spiro atoms. The molecule has 1 amide bonds. The summed E-state index contributed by atoms with van der Waals surface area (Å²) in [7, 11) is 0. The van der Waals surface area contributed by atoms with Gasteiger partial charge in [-0.05, 0) is 24.3 Å². The first-order chi connectivity index (χ1) is 8.11. The van der Waals surface area contributed by atoms with Gasteiger partial charge in [0.15, 0.2) is 6.29 Å². The highest BCUT2D eigenvalue weighted by Crippen LogP contribution is 2.18. The number of nitrogens with two attached hydrogens (primary N) is 1. The van der Waals surface area contributed by atoms with Crippen molar-refractivity contribution in [1.29, 1.82) is 0 Å². The quantitative estimate of drug-likeness (QED) is 0.872. The van der Waals surface area contributed by atoms with Crippen LogP contribution >= 0.6 is 15.9 Å². The summed E-state index contributed by atoms with van der Waals surface area (Å²) < 4.78 is 2.24. The molecule has 0 fully saturated rings. The first-order valence-corrected chi connectivity index (χ1v) is 5.51. The Hall–Kier alpha value is -1.95. The standard InChI is InChI=1S/C11H8BrN3O2/c12-8-1-2-10(7(5-8)6-16)15-4-3-9(14-15)11(13)17/h1-6H,(H2,13,17). The SMILES string of the molecule is NC(=O)c1ccn(-c2ccc(Br)cc2C=O)n1. The van der Waals surface area contributed by atoms with Gasteiger partial charge in [0.1, 0.15) is 5.69 Å². The molecule has 17 heavy (non-hydrogen) atoms. The molecule has 0 aliphatic heterocycles. The summed E-state index contributed by atoms with van der Waals surface area (Å²) in [5.41, 5.74) is 6.33. The van der Waals surface area contributed by atoms with E-state index in [9.17, 15) is 9.59 Å². The van der Waals surface area contributed by atoms with E-state index >= 15 is 0 Å². The Kier molecular flexibility index (Phi) is 3.06. The fraction of sp³-hybridized carbons (Fsp3) is 0. The fourth-order valence-corrected chi connectivity index (χ4v) is 1.80. The number of hydrogen-bond acceptors (Lipinski definition) is 3. The highest BCUT2D eigenvalue weighted by molar-refractivity contribution is 9.10. The summed E-state index contributed by atoms with van der Waals surface area (Å²) in [5, 5.41) is 3.99. The third-order valence-electron chi connectivity index (χ3n) is 2.20. The van der Waals surface area contributed by atoms with Gasteiger partial charge in [-0.15, -0.1) is 0 Å². The fourth-order valence-electron chi connectivity index (χ4n) is 1.42. The lowest BCUT2D eigenvalue weighted by molar-refractivity contribution is 0.0995. The van der Waals surface area contributed by atoms with Crippen LogP contribution in [0.3, 0.4) is 0 Å². The number of amides is 1. The van der Waals surface area contributed by atoms with Crippen molar-refractivity contribution in [3.8, 4) is 5.69 Å². The number of halogens is 1. The first-order valence-electron chi connectivity index (χ1n) is 4.72. The van der Waals surface area contributed by atoms with Crippen molar-refractivity contribution in [2.24, 2.45) is 5.73 Å². The summed E-state index contributed by atoms with van der Waals surface area (Å²) >= 11 is 3.28. The predicted molar refractivity (Wildman–Crippen MR) is 65.2 cm³/mol. The number of primary amides is 1. The van der Waals surface area contributed by atoms with Crippen LogP contribution in [-0.4, -0.2) is 22.0 Å². The van der Waals surface area contributed by atoms with E-state index in [1.807, 2.05) is 0 Å². The molecule has 1 aromatic heterocycles. The lowest BCUT2D eigenvalue weighted by atomic mass is 10.2. The van der Waals surface area contributed by atoms with Gasteiger partial charge in [0.25, 0.3) is 5.91 Å². The number of rotatable bonds is 3. The second kappa shape index (κ2) is 4.50. The minimum absolute atomic E-state index is 0.157. The van der Waals surface area contributed by atoms with Gasteiger partial charge in [-0.3, -0.25) is 9.59 Å². The normalized spacial score (nSPS) is 10.2. The van der Waals surface area contributed by atoms with Crippen LogP contribution in [-0.2, 0) is 0 Å². The molecule has 2 aromatic rings. The van der Waals surface area contributed by atoms with Gasteiger partial charge in [0, 0.05) is 16.2 Å². The van der Waals surface area contributed by atoms with E-state index in [0.717, 1.165) is 10.8 Å². The second-order valence-corrected chi connectivity index (χ2v) is 4.25.